The molecule has 1 aliphatic rings. The van der Waals surface area contributed by atoms with Gasteiger partial charge in [-0.3, -0.25) is 4.79 Å². The molecule has 3 heterocycles. The number of aromatic nitrogens is 3. The van der Waals surface area contributed by atoms with Gasteiger partial charge in [0.25, 0.3) is 5.56 Å². The van der Waals surface area contributed by atoms with Crippen LogP contribution >= 0.6 is 11.3 Å². The SMILES string of the molecule is CCc1cc(=O)n2nc(N3CCC(CCc4cc(OC)cc(OC)c4)CC3)sc2n1. The van der Waals surface area contributed by atoms with Crippen LogP contribution in [0.15, 0.2) is 29.1 Å². The number of nitrogens with zero attached hydrogens (tertiary/aromatic N) is 4. The molecule has 0 atom stereocenters. The first kappa shape index (κ1) is 20.7. The summed E-state index contributed by atoms with van der Waals surface area (Å²) in [6.45, 7) is 3.93. The molecule has 3 aromatic rings. The van der Waals surface area contributed by atoms with E-state index < -0.39 is 0 Å². The third-order valence-corrected chi connectivity index (χ3v) is 6.76. The average molecular weight is 429 g/mol. The number of hydrogen-bond acceptors (Lipinski definition) is 7. The van der Waals surface area contributed by atoms with Crippen molar-refractivity contribution < 1.29 is 9.47 Å². The number of methoxy groups -OCH3 is 2. The van der Waals surface area contributed by atoms with Gasteiger partial charge in [-0.25, -0.2) is 4.98 Å². The summed E-state index contributed by atoms with van der Waals surface area (Å²) in [6, 6.07) is 7.67. The summed E-state index contributed by atoms with van der Waals surface area (Å²) in [5.74, 6) is 2.36. The van der Waals surface area contributed by atoms with E-state index in [1.54, 1.807) is 20.3 Å². The number of fused-ring (bicyclic) bond motifs is 1. The lowest BCUT2D eigenvalue weighted by molar-refractivity contribution is 0.377. The van der Waals surface area contributed by atoms with E-state index in [1.807, 2.05) is 13.0 Å². The predicted molar refractivity (Wildman–Crippen MR) is 119 cm³/mol. The van der Waals surface area contributed by atoms with Gasteiger partial charge in [0.15, 0.2) is 0 Å². The minimum absolute atomic E-state index is 0.0945. The molecule has 0 aliphatic carbocycles. The van der Waals surface area contributed by atoms with E-state index in [9.17, 15) is 4.79 Å². The standard InChI is InChI=1S/C22H28N4O3S/c1-4-17-13-20(27)26-21(23-17)30-22(24-26)25-9-7-15(8-10-25)5-6-16-11-18(28-2)14-19(12-16)29-3/h11-15H,4-10H2,1-3H3. The molecule has 1 saturated heterocycles. The van der Waals surface area contributed by atoms with Crippen LogP contribution < -0.4 is 19.9 Å². The summed E-state index contributed by atoms with van der Waals surface area (Å²) in [5.41, 5.74) is 1.98. The van der Waals surface area contributed by atoms with Crippen molar-refractivity contribution in [2.75, 3.05) is 32.2 Å². The maximum absolute atomic E-state index is 12.2. The molecule has 8 heteroatoms. The van der Waals surface area contributed by atoms with Crippen LogP contribution in [0.4, 0.5) is 5.13 Å². The zero-order valence-electron chi connectivity index (χ0n) is 17.8. The number of hydrogen-bond donors (Lipinski definition) is 0. The number of ether oxygens (including phenoxy) is 2. The fraction of sp³-hybridized carbons (Fsp3) is 0.500. The quantitative estimate of drug-likeness (QED) is 0.573. The Morgan fingerprint density at radius 1 is 1.10 bits per heavy atom. The molecule has 160 valence electrons. The van der Waals surface area contributed by atoms with Crippen LogP contribution in [0.2, 0.25) is 0 Å². The molecule has 1 fully saturated rings. The third-order valence-electron chi connectivity index (χ3n) is 5.79. The van der Waals surface area contributed by atoms with Crippen molar-refractivity contribution in [3.8, 4) is 11.5 Å². The van der Waals surface area contributed by atoms with Crippen LogP contribution in [-0.4, -0.2) is 41.9 Å². The van der Waals surface area contributed by atoms with E-state index in [4.69, 9.17) is 9.47 Å². The van der Waals surface area contributed by atoms with Gasteiger partial charge in [0, 0.05) is 30.9 Å². The Labute approximate surface area is 180 Å². The first-order valence-corrected chi connectivity index (χ1v) is 11.3. The summed E-state index contributed by atoms with van der Waals surface area (Å²) in [6.07, 6.45) is 5.16. The number of aryl methyl sites for hydroxylation is 2. The van der Waals surface area contributed by atoms with Crippen molar-refractivity contribution in [1.29, 1.82) is 0 Å². The Morgan fingerprint density at radius 3 is 2.43 bits per heavy atom. The predicted octanol–water partition coefficient (Wildman–Crippen LogP) is 3.58. The topological polar surface area (TPSA) is 69.0 Å². The van der Waals surface area contributed by atoms with E-state index in [-0.39, 0.29) is 5.56 Å². The molecule has 4 rings (SSSR count). The van der Waals surface area contributed by atoms with Gasteiger partial charge in [0.05, 0.1) is 14.2 Å². The minimum atomic E-state index is -0.0945. The largest absolute Gasteiger partial charge is 0.497 e. The number of benzene rings is 1. The Bertz CT molecular complexity index is 1050. The molecule has 0 radical (unpaired) electrons. The van der Waals surface area contributed by atoms with E-state index in [2.05, 4.69) is 27.1 Å². The van der Waals surface area contributed by atoms with Crippen LogP contribution in [-0.2, 0) is 12.8 Å². The van der Waals surface area contributed by atoms with Crippen LogP contribution in [0.3, 0.4) is 0 Å². The fourth-order valence-electron chi connectivity index (χ4n) is 3.95. The number of rotatable bonds is 7. The Balaban J connectivity index is 1.37. The molecule has 0 unspecified atom stereocenters. The second-order valence-corrected chi connectivity index (χ2v) is 8.64. The lowest BCUT2D eigenvalue weighted by atomic mass is 9.90. The molecule has 7 nitrogen and oxygen atoms in total. The Kier molecular flexibility index (Phi) is 6.22. The van der Waals surface area contributed by atoms with Gasteiger partial charge < -0.3 is 14.4 Å². The minimum Gasteiger partial charge on any atom is -0.497 e. The molecule has 0 saturated carbocycles. The van der Waals surface area contributed by atoms with E-state index in [0.29, 0.717) is 10.9 Å². The lowest BCUT2D eigenvalue weighted by Gasteiger charge is -2.31. The highest BCUT2D eigenvalue weighted by Crippen LogP contribution is 2.30. The second kappa shape index (κ2) is 9.04. The van der Waals surface area contributed by atoms with Gasteiger partial charge in [0.2, 0.25) is 10.1 Å². The zero-order chi connectivity index (χ0) is 21.1. The highest BCUT2D eigenvalue weighted by molar-refractivity contribution is 7.20. The Hall–Kier alpha value is -2.61. The molecule has 2 aromatic heterocycles. The van der Waals surface area contributed by atoms with Crippen molar-refractivity contribution in [2.24, 2.45) is 5.92 Å². The highest BCUT2D eigenvalue weighted by Gasteiger charge is 2.22. The van der Waals surface area contributed by atoms with Gasteiger partial charge in [0.1, 0.15) is 11.5 Å². The fourth-order valence-corrected chi connectivity index (χ4v) is 4.93. The van der Waals surface area contributed by atoms with Crippen molar-refractivity contribution in [3.05, 3.63) is 45.9 Å². The van der Waals surface area contributed by atoms with Gasteiger partial charge in [-0.15, -0.1) is 5.10 Å². The van der Waals surface area contributed by atoms with Crippen molar-refractivity contribution in [1.82, 2.24) is 14.6 Å². The van der Waals surface area contributed by atoms with Crippen LogP contribution in [0, 0.1) is 5.92 Å². The van der Waals surface area contributed by atoms with Crippen molar-refractivity contribution >= 4 is 21.4 Å². The Morgan fingerprint density at radius 2 is 1.80 bits per heavy atom. The number of anilines is 1. The van der Waals surface area contributed by atoms with E-state index >= 15 is 0 Å². The summed E-state index contributed by atoms with van der Waals surface area (Å²) in [5, 5.41) is 5.42. The van der Waals surface area contributed by atoms with Gasteiger partial charge in [-0.1, -0.05) is 18.3 Å². The van der Waals surface area contributed by atoms with E-state index in [0.717, 1.165) is 67.5 Å². The van der Waals surface area contributed by atoms with Gasteiger partial charge in [-0.2, -0.15) is 4.52 Å². The maximum atomic E-state index is 12.2. The molecule has 0 bridgehead atoms. The summed E-state index contributed by atoms with van der Waals surface area (Å²) in [7, 11) is 3.37. The smallest absolute Gasteiger partial charge is 0.275 e. The van der Waals surface area contributed by atoms with Gasteiger partial charge in [-0.05, 0) is 55.7 Å². The van der Waals surface area contributed by atoms with E-state index in [1.165, 1.54) is 21.4 Å². The maximum Gasteiger partial charge on any atom is 0.275 e. The van der Waals surface area contributed by atoms with Crippen molar-refractivity contribution in [2.45, 2.75) is 39.0 Å². The molecule has 1 aliphatic heterocycles. The first-order valence-electron chi connectivity index (χ1n) is 10.5. The van der Waals surface area contributed by atoms with Gasteiger partial charge >= 0.3 is 0 Å². The molecule has 0 spiro atoms. The van der Waals surface area contributed by atoms with Crippen LogP contribution in [0.5, 0.6) is 11.5 Å². The van der Waals surface area contributed by atoms with Crippen molar-refractivity contribution in [3.63, 3.8) is 0 Å². The molecule has 0 amide bonds. The monoisotopic (exact) mass is 428 g/mol. The molecule has 30 heavy (non-hydrogen) atoms. The number of piperidine rings is 1. The zero-order valence-corrected chi connectivity index (χ0v) is 18.6. The van der Waals surface area contributed by atoms with Crippen LogP contribution in [0.1, 0.15) is 37.4 Å². The molecular weight excluding hydrogens is 400 g/mol. The highest BCUT2D eigenvalue weighted by atomic mass is 32.1. The normalized spacial score (nSPS) is 15.0. The first-order chi connectivity index (χ1) is 14.6. The lowest BCUT2D eigenvalue weighted by Crippen LogP contribution is -2.34. The average Bonchev–Trinajstić information content (AvgIpc) is 3.22. The van der Waals surface area contributed by atoms with Crippen LogP contribution in [0.25, 0.3) is 4.96 Å². The molecular formula is C22H28N4O3S. The third kappa shape index (κ3) is 4.43. The second-order valence-electron chi connectivity index (χ2n) is 7.71. The molecule has 1 aromatic carbocycles. The summed E-state index contributed by atoms with van der Waals surface area (Å²) in [4.78, 5) is 19.8. The summed E-state index contributed by atoms with van der Waals surface area (Å²) >= 11 is 1.51. The molecule has 0 N–H and O–H groups in total. The summed E-state index contributed by atoms with van der Waals surface area (Å²) < 4.78 is 12.2.